The summed E-state index contributed by atoms with van der Waals surface area (Å²) in [6.45, 7) is 1.15. The number of aliphatic imine (C=N–C) groups is 1. The molecular formula is C28H28F2N6O5. The monoisotopic (exact) mass is 566 g/mol. The Balaban J connectivity index is 1.48. The molecule has 1 aromatic heterocycles. The van der Waals surface area contributed by atoms with Crippen molar-refractivity contribution in [2.24, 2.45) is 16.6 Å². The van der Waals surface area contributed by atoms with Crippen molar-refractivity contribution in [1.29, 1.82) is 5.41 Å². The number of halogens is 2. The molecule has 3 aromatic rings. The summed E-state index contributed by atoms with van der Waals surface area (Å²) in [4.78, 5) is 21.7. The molecule has 1 aliphatic heterocycles. The summed E-state index contributed by atoms with van der Waals surface area (Å²) < 4.78 is 41.6. The van der Waals surface area contributed by atoms with Crippen LogP contribution in [0.15, 0.2) is 47.6 Å². The number of amidine groups is 2. The first-order valence-electron chi connectivity index (χ1n) is 12.9. The van der Waals surface area contributed by atoms with Crippen molar-refractivity contribution in [3.63, 3.8) is 0 Å². The SMILES string of the molecule is CN1CCN=C1c1cc(NC2CCCC2C(=O)O)ccc1Oc1c(F)cnc(Oc2cc(C(=N)N)ccc2O)c1F. The van der Waals surface area contributed by atoms with Crippen LogP contribution in [-0.2, 0) is 4.79 Å². The zero-order valence-electron chi connectivity index (χ0n) is 22.0. The second-order valence-electron chi connectivity index (χ2n) is 9.82. The van der Waals surface area contributed by atoms with Crippen molar-refractivity contribution >= 4 is 23.3 Å². The zero-order valence-corrected chi connectivity index (χ0v) is 22.0. The number of likely N-dealkylation sites (N-methyl/N-ethyl adjacent to an activating group) is 1. The largest absolute Gasteiger partial charge is 0.504 e. The smallest absolute Gasteiger partial charge is 0.308 e. The first kappa shape index (κ1) is 27.6. The first-order chi connectivity index (χ1) is 19.6. The lowest BCUT2D eigenvalue weighted by Crippen LogP contribution is -2.30. The van der Waals surface area contributed by atoms with Gasteiger partial charge in [0.05, 0.1) is 24.2 Å². The Kier molecular flexibility index (Phi) is 7.60. The number of hydrogen-bond acceptors (Lipinski definition) is 9. The molecule has 13 heteroatoms. The van der Waals surface area contributed by atoms with Gasteiger partial charge in [0.2, 0.25) is 11.6 Å². The predicted octanol–water partition coefficient (Wildman–Crippen LogP) is 4.29. The van der Waals surface area contributed by atoms with Gasteiger partial charge in [-0.1, -0.05) is 6.42 Å². The lowest BCUT2D eigenvalue weighted by molar-refractivity contribution is -0.141. The lowest BCUT2D eigenvalue weighted by atomic mass is 10.0. The highest BCUT2D eigenvalue weighted by molar-refractivity contribution is 6.03. The molecule has 11 nitrogen and oxygen atoms in total. The number of rotatable bonds is 9. The van der Waals surface area contributed by atoms with E-state index in [4.69, 9.17) is 20.6 Å². The summed E-state index contributed by atoms with van der Waals surface area (Å²) in [6, 6.07) is 8.45. The Morgan fingerprint density at radius 1 is 1.17 bits per heavy atom. The van der Waals surface area contributed by atoms with Gasteiger partial charge in [-0.25, -0.2) is 9.37 Å². The van der Waals surface area contributed by atoms with E-state index in [1.807, 2.05) is 11.9 Å². The van der Waals surface area contributed by atoms with Crippen molar-refractivity contribution in [2.75, 3.05) is 25.5 Å². The number of carboxylic acids is 1. The van der Waals surface area contributed by atoms with Gasteiger partial charge in [0.1, 0.15) is 17.4 Å². The van der Waals surface area contributed by atoms with Crippen molar-refractivity contribution in [2.45, 2.75) is 25.3 Å². The molecule has 1 fully saturated rings. The van der Waals surface area contributed by atoms with E-state index >= 15 is 4.39 Å². The quantitative estimate of drug-likeness (QED) is 0.188. The number of nitrogen functional groups attached to an aromatic ring is 1. The third-order valence-electron chi connectivity index (χ3n) is 7.05. The van der Waals surface area contributed by atoms with Gasteiger partial charge in [-0.2, -0.15) is 4.39 Å². The molecule has 2 atom stereocenters. The number of hydrogen-bond donors (Lipinski definition) is 5. The summed E-state index contributed by atoms with van der Waals surface area (Å²) in [5.74, 6) is -5.47. The number of nitrogens with one attached hydrogen (secondary N) is 2. The van der Waals surface area contributed by atoms with E-state index in [0.29, 0.717) is 43.0 Å². The molecule has 0 spiro atoms. The van der Waals surface area contributed by atoms with E-state index in [2.05, 4.69) is 15.3 Å². The maximum Gasteiger partial charge on any atom is 0.308 e. The number of nitrogens with zero attached hydrogens (tertiary/aromatic N) is 3. The zero-order chi connectivity index (χ0) is 29.3. The molecule has 6 N–H and O–H groups in total. The number of aromatic nitrogens is 1. The standard InChI is InChI=1S/C28H28F2N6O5/c1-36-10-9-33-26(36)17-12-15(35-19-4-2-3-16(19)28(38)39)6-8-21(17)40-24-18(29)13-34-27(23(24)30)41-22-11-14(25(31)32)5-7-20(22)37/h5-8,11-13,16,19,35,37H,2-4,9-10H2,1H3,(H3,31,32)(H,38,39). The highest BCUT2D eigenvalue weighted by Crippen LogP contribution is 2.39. The summed E-state index contributed by atoms with van der Waals surface area (Å²) in [5, 5.41) is 30.5. The molecule has 0 saturated heterocycles. The minimum Gasteiger partial charge on any atom is -0.504 e. The van der Waals surface area contributed by atoms with Crippen LogP contribution in [0.25, 0.3) is 0 Å². The Labute approximate surface area is 233 Å². The minimum atomic E-state index is -1.26. The van der Waals surface area contributed by atoms with Gasteiger partial charge in [0, 0.05) is 30.9 Å². The highest BCUT2D eigenvalue weighted by atomic mass is 19.1. The van der Waals surface area contributed by atoms with Gasteiger partial charge in [0.15, 0.2) is 17.3 Å². The average molecular weight is 567 g/mol. The fraction of sp³-hybridized carbons (Fsp3) is 0.286. The van der Waals surface area contributed by atoms with Crippen LogP contribution in [0.3, 0.4) is 0 Å². The number of carbonyl (C=O) groups is 1. The molecule has 2 heterocycles. The van der Waals surface area contributed by atoms with Crippen molar-refractivity contribution in [1.82, 2.24) is 9.88 Å². The molecule has 5 rings (SSSR count). The fourth-order valence-electron chi connectivity index (χ4n) is 4.92. The molecule has 2 aromatic carbocycles. The summed E-state index contributed by atoms with van der Waals surface area (Å²) in [6.07, 6.45) is 2.80. The number of nitrogens with two attached hydrogens (primary N) is 1. The van der Waals surface area contributed by atoms with Gasteiger partial charge >= 0.3 is 5.97 Å². The van der Waals surface area contributed by atoms with Crippen molar-refractivity contribution in [3.8, 4) is 28.9 Å². The van der Waals surface area contributed by atoms with Crippen LogP contribution in [0.5, 0.6) is 28.9 Å². The van der Waals surface area contributed by atoms with E-state index in [0.717, 1.165) is 12.6 Å². The van der Waals surface area contributed by atoms with Gasteiger partial charge in [0.25, 0.3) is 5.88 Å². The number of benzene rings is 2. The number of carboxylic acid groups (broad SMARTS) is 1. The number of anilines is 1. The van der Waals surface area contributed by atoms with Crippen LogP contribution >= 0.6 is 0 Å². The molecule has 41 heavy (non-hydrogen) atoms. The minimum absolute atomic E-state index is 0.0978. The summed E-state index contributed by atoms with van der Waals surface area (Å²) in [7, 11) is 1.83. The Morgan fingerprint density at radius 3 is 2.68 bits per heavy atom. The van der Waals surface area contributed by atoms with Gasteiger partial charge < -0.3 is 35.6 Å². The third kappa shape index (κ3) is 5.69. The summed E-state index contributed by atoms with van der Waals surface area (Å²) >= 11 is 0. The van der Waals surface area contributed by atoms with Crippen LogP contribution in [-0.4, -0.2) is 63.9 Å². The second kappa shape index (κ2) is 11.3. The normalized spacial score (nSPS) is 18.2. The number of phenols is 1. The second-order valence-corrected chi connectivity index (χ2v) is 9.82. The van der Waals surface area contributed by atoms with Gasteiger partial charge in [-0.3, -0.25) is 15.2 Å². The number of phenolic OH excluding ortho intramolecular Hbond substituents is 1. The predicted molar refractivity (Wildman–Crippen MR) is 146 cm³/mol. The Bertz CT molecular complexity index is 1550. The van der Waals surface area contributed by atoms with Crippen LogP contribution in [0, 0.1) is 23.0 Å². The number of pyridine rings is 1. The van der Waals surface area contributed by atoms with Crippen LogP contribution in [0.1, 0.15) is 30.4 Å². The summed E-state index contributed by atoms with van der Waals surface area (Å²) in [5.41, 5.74) is 6.76. The van der Waals surface area contributed by atoms with E-state index in [1.165, 1.54) is 24.3 Å². The van der Waals surface area contributed by atoms with E-state index in [1.54, 1.807) is 12.1 Å². The third-order valence-corrected chi connectivity index (χ3v) is 7.05. The molecular weight excluding hydrogens is 538 g/mol. The van der Waals surface area contributed by atoms with Gasteiger partial charge in [-0.15, -0.1) is 0 Å². The molecule has 0 radical (unpaired) electrons. The highest BCUT2D eigenvalue weighted by Gasteiger charge is 2.33. The van der Waals surface area contributed by atoms with Gasteiger partial charge in [-0.05, 0) is 49.2 Å². The molecule has 1 aliphatic carbocycles. The number of aromatic hydroxyl groups is 1. The molecule has 2 aliphatic rings. The fourth-order valence-corrected chi connectivity index (χ4v) is 4.92. The Morgan fingerprint density at radius 2 is 1.98 bits per heavy atom. The molecule has 2 unspecified atom stereocenters. The number of aliphatic carboxylic acids is 1. The van der Waals surface area contributed by atoms with Crippen LogP contribution in [0.4, 0.5) is 14.5 Å². The van der Waals surface area contributed by atoms with Crippen molar-refractivity contribution in [3.05, 3.63) is 65.4 Å². The van der Waals surface area contributed by atoms with E-state index in [-0.39, 0.29) is 34.7 Å². The van der Waals surface area contributed by atoms with E-state index < -0.39 is 35.2 Å². The van der Waals surface area contributed by atoms with Crippen molar-refractivity contribution < 1.29 is 33.3 Å². The molecule has 214 valence electrons. The topological polar surface area (TPSA) is 166 Å². The Hall–Kier alpha value is -4.94. The molecule has 0 bridgehead atoms. The van der Waals surface area contributed by atoms with Crippen LogP contribution in [0.2, 0.25) is 0 Å². The van der Waals surface area contributed by atoms with Crippen LogP contribution < -0.4 is 20.5 Å². The molecule has 0 amide bonds. The first-order valence-corrected chi connectivity index (χ1v) is 12.9. The maximum atomic E-state index is 15.5. The lowest BCUT2D eigenvalue weighted by Gasteiger charge is -2.22. The maximum absolute atomic E-state index is 15.5. The number of ether oxygens (including phenoxy) is 2. The average Bonchev–Trinajstić information content (AvgIpc) is 3.58. The molecule has 1 saturated carbocycles. The van der Waals surface area contributed by atoms with E-state index in [9.17, 15) is 19.4 Å².